The molecule has 2 heterocycles. The molecule has 3 aromatic rings. The van der Waals surface area contributed by atoms with Crippen molar-refractivity contribution in [3.05, 3.63) is 46.9 Å². The van der Waals surface area contributed by atoms with Crippen LogP contribution < -0.4 is 5.32 Å². The maximum atomic E-state index is 13.5. The van der Waals surface area contributed by atoms with Crippen LogP contribution in [-0.2, 0) is 6.54 Å². The fourth-order valence-corrected chi connectivity index (χ4v) is 1.96. The number of fused-ring (bicyclic) bond motifs is 1. The van der Waals surface area contributed by atoms with Crippen LogP contribution in [0, 0.1) is 11.6 Å². The zero-order valence-electron chi connectivity index (χ0n) is 9.99. The van der Waals surface area contributed by atoms with Gasteiger partial charge in [-0.15, -0.1) is 0 Å². The molecule has 0 aliphatic carbocycles. The van der Waals surface area contributed by atoms with Gasteiger partial charge in [-0.1, -0.05) is 6.07 Å². The molecule has 0 bridgehead atoms. The Morgan fingerprint density at radius 1 is 1.25 bits per heavy atom. The third kappa shape index (κ3) is 2.39. The molecular weight excluding hydrogens is 288 g/mol. The number of rotatable bonds is 3. The van der Waals surface area contributed by atoms with E-state index in [1.165, 1.54) is 18.3 Å². The highest BCUT2D eigenvalue weighted by atomic mass is 35.5. The van der Waals surface area contributed by atoms with Gasteiger partial charge in [-0.25, -0.2) is 8.78 Å². The van der Waals surface area contributed by atoms with Gasteiger partial charge in [-0.2, -0.15) is 15.1 Å². The van der Waals surface area contributed by atoms with E-state index in [-0.39, 0.29) is 11.8 Å². The van der Waals surface area contributed by atoms with E-state index in [1.54, 1.807) is 0 Å². The van der Waals surface area contributed by atoms with Crippen LogP contribution >= 0.6 is 11.6 Å². The number of anilines is 1. The SMILES string of the molecule is Fc1ccc(CNc2nc(Cl)nc3[nH]ncc23)c(F)c1. The molecule has 0 amide bonds. The monoisotopic (exact) mass is 295 g/mol. The van der Waals surface area contributed by atoms with Crippen LogP contribution in [0.25, 0.3) is 11.0 Å². The molecule has 1 aromatic carbocycles. The Kier molecular flexibility index (Phi) is 3.19. The van der Waals surface area contributed by atoms with Gasteiger partial charge < -0.3 is 5.32 Å². The molecule has 0 saturated heterocycles. The summed E-state index contributed by atoms with van der Waals surface area (Å²) < 4.78 is 26.3. The molecule has 0 unspecified atom stereocenters. The number of nitrogens with zero attached hydrogens (tertiary/aromatic N) is 3. The number of benzene rings is 1. The minimum Gasteiger partial charge on any atom is -0.365 e. The van der Waals surface area contributed by atoms with Crippen molar-refractivity contribution in [3.8, 4) is 0 Å². The standard InChI is InChI=1S/C12H8ClF2N5/c13-12-18-10(8-5-17-20-11(8)19-12)16-4-6-1-2-7(14)3-9(6)15/h1-3,5H,4H2,(H2,16,17,18,19,20). The first-order valence-corrected chi connectivity index (χ1v) is 6.05. The summed E-state index contributed by atoms with van der Waals surface area (Å²) >= 11 is 5.78. The van der Waals surface area contributed by atoms with Crippen LogP contribution in [0.1, 0.15) is 5.56 Å². The van der Waals surface area contributed by atoms with Crippen molar-refractivity contribution in [2.45, 2.75) is 6.54 Å². The maximum Gasteiger partial charge on any atom is 0.226 e. The molecule has 102 valence electrons. The second-order valence-electron chi connectivity index (χ2n) is 4.06. The summed E-state index contributed by atoms with van der Waals surface area (Å²) in [6.07, 6.45) is 1.54. The van der Waals surface area contributed by atoms with Gasteiger partial charge in [-0.3, -0.25) is 5.10 Å². The summed E-state index contributed by atoms with van der Waals surface area (Å²) in [6, 6.07) is 3.39. The Morgan fingerprint density at radius 3 is 2.90 bits per heavy atom. The van der Waals surface area contributed by atoms with Crippen LogP contribution in [0.5, 0.6) is 0 Å². The normalized spacial score (nSPS) is 10.9. The van der Waals surface area contributed by atoms with Crippen molar-refractivity contribution in [2.24, 2.45) is 0 Å². The van der Waals surface area contributed by atoms with E-state index < -0.39 is 11.6 Å². The van der Waals surface area contributed by atoms with Crippen LogP contribution in [0.3, 0.4) is 0 Å². The van der Waals surface area contributed by atoms with Gasteiger partial charge in [0.05, 0.1) is 11.6 Å². The average Bonchev–Trinajstić information content (AvgIpc) is 2.85. The Bertz CT molecular complexity index is 774. The van der Waals surface area contributed by atoms with Crippen LogP contribution in [-0.4, -0.2) is 20.2 Å². The van der Waals surface area contributed by atoms with Gasteiger partial charge in [0.15, 0.2) is 5.65 Å². The summed E-state index contributed by atoms with van der Waals surface area (Å²) in [4.78, 5) is 7.98. The molecule has 0 aliphatic rings. The first kappa shape index (κ1) is 12.7. The van der Waals surface area contributed by atoms with Crippen molar-refractivity contribution in [3.63, 3.8) is 0 Å². The molecule has 0 radical (unpaired) electrons. The highest BCUT2D eigenvalue weighted by Gasteiger charge is 2.09. The van der Waals surface area contributed by atoms with Crippen LogP contribution in [0.2, 0.25) is 5.28 Å². The molecule has 0 atom stereocenters. The van der Waals surface area contributed by atoms with Gasteiger partial charge in [0.1, 0.15) is 17.5 Å². The molecular formula is C12H8ClF2N5. The Labute approximate surface area is 117 Å². The first-order chi connectivity index (χ1) is 9.63. The number of nitrogens with one attached hydrogen (secondary N) is 2. The topological polar surface area (TPSA) is 66.5 Å². The molecule has 2 N–H and O–H groups in total. The molecule has 0 spiro atoms. The highest BCUT2D eigenvalue weighted by Crippen LogP contribution is 2.21. The van der Waals surface area contributed by atoms with E-state index in [1.807, 2.05) is 0 Å². The molecule has 2 aromatic heterocycles. The molecule has 5 nitrogen and oxygen atoms in total. The van der Waals surface area contributed by atoms with Crippen LogP contribution in [0.4, 0.5) is 14.6 Å². The average molecular weight is 296 g/mol. The molecule has 3 rings (SSSR count). The van der Waals surface area contributed by atoms with E-state index in [0.717, 1.165) is 6.07 Å². The second-order valence-corrected chi connectivity index (χ2v) is 4.40. The predicted octanol–water partition coefficient (Wildman–Crippen LogP) is 2.90. The lowest BCUT2D eigenvalue weighted by atomic mass is 10.2. The van der Waals surface area contributed by atoms with E-state index in [0.29, 0.717) is 22.4 Å². The Morgan fingerprint density at radius 2 is 2.10 bits per heavy atom. The summed E-state index contributed by atoms with van der Waals surface area (Å²) in [7, 11) is 0. The summed E-state index contributed by atoms with van der Waals surface area (Å²) in [5.41, 5.74) is 0.796. The largest absolute Gasteiger partial charge is 0.365 e. The van der Waals surface area contributed by atoms with Crippen molar-refractivity contribution < 1.29 is 8.78 Å². The zero-order valence-corrected chi connectivity index (χ0v) is 10.7. The molecule has 20 heavy (non-hydrogen) atoms. The summed E-state index contributed by atoms with van der Waals surface area (Å²) in [6.45, 7) is 0.139. The quantitative estimate of drug-likeness (QED) is 0.729. The smallest absolute Gasteiger partial charge is 0.226 e. The highest BCUT2D eigenvalue weighted by molar-refractivity contribution is 6.28. The minimum absolute atomic E-state index is 0.0452. The molecule has 0 fully saturated rings. The van der Waals surface area contributed by atoms with Crippen molar-refractivity contribution >= 4 is 28.5 Å². The van der Waals surface area contributed by atoms with Gasteiger partial charge in [0.2, 0.25) is 5.28 Å². The lowest BCUT2D eigenvalue weighted by Gasteiger charge is -2.07. The number of hydrogen-bond acceptors (Lipinski definition) is 4. The minimum atomic E-state index is -0.624. The van der Waals surface area contributed by atoms with Crippen LogP contribution in [0.15, 0.2) is 24.4 Å². The fraction of sp³-hybridized carbons (Fsp3) is 0.0833. The number of aromatic amines is 1. The Balaban J connectivity index is 1.88. The van der Waals surface area contributed by atoms with Gasteiger partial charge >= 0.3 is 0 Å². The van der Waals surface area contributed by atoms with Crippen molar-refractivity contribution in [1.82, 2.24) is 20.2 Å². The first-order valence-electron chi connectivity index (χ1n) is 5.68. The molecule has 0 aliphatic heterocycles. The summed E-state index contributed by atoms with van der Waals surface area (Å²) in [5, 5.41) is 10.1. The fourth-order valence-electron chi connectivity index (χ4n) is 1.79. The van der Waals surface area contributed by atoms with Gasteiger partial charge in [0, 0.05) is 18.2 Å². The Hall–Kier alpha value is -2.28. The number of hydrogen-bond donors (Lipinski definition) is 2. The third-order valence-electron chi connectivity index (χ3n) is 2.74. The van der Waals surface area contributed by atoms with Gasteiger partial charge in [0.25, 0.3) is 0 Å². The summed E-state index contributed by atoms with van der Waals surface area (Å²) in [5.74, 6) is -0.813. The van der Waals surface area contributed by atoms with E-state index >= 15 is 0 Å². The second kappa shape index (κ2) is 5.01. The van der Waals surface area contributed by atoms with E-state index in [9.17, 15) is 8.78 Å². The zero-order chi connectivity index (χ0) is 14.1. The lowest BCUT2D eigenvalue weighted by molar-refractivity contribution is 0.574. The maximum absolute atomic E-state index is 13.5. The number of aromatic nitrogens is 4. The molecule has 0 saturated carbocycles. The number of halogens is 3. The van der Waals surface area contributed by atoms with Crippen molar-refractivity contribution in [2.75, 3.05) is 5.32 Å². The van der Waals surface area contributed by atoms with E-state index in [2.05, 4.69) is 25.5 Å². The third-order valence-corrected chi connectivity index (χ3v) is 2.91. The van der Waals surface area contributed by atoms with E-state index in [4.69, 9.17) is 11.6 Å². The predicted molar refractivity (Wildman–Crippen MR) is 70.4 cm³/mol. The van der Waals surface area contributed by atoms with Crippen molar-refractivity contribution in [1.29, 1.82) is 0 Å². The van der Waals surface area contributed by atoms with Gasteiger partial charge in [-0.05, 0) is 17.7 Å². The lowest BCUT2D eigenvalue weighted by Crippen LogP contribution is -2.04. The molecule has 8 heteroatoms. The number of H-pyrrole nitrogens is 1.